The Morgan fingerprint density at radius 2 is 1.70 bits per heavy atom. The molecule has 1 aliphatic carbocycles. The van der Waals surface area contributed by atoms with E-state index in [1.54, 1.807) is 0 Å². The number of ether oxygens (including phenoxy) is 1. The summed E-state index contributed by atoms with van der Waals surface area (Å²) in [7, 11) is 1.46. The Labute approximate surface area is 168 Å². The first-order chi connectivity index (χ1) is 12.6. The van der Waals surface area contributed by atoms with Crippen LogP contribution in [0.2, 0.25) is 13.1 Å². The van der Waals surface area contributed by atoms with Crippen LogP contribution >= 0.6 is 0 Å². The number of methoxy groups -OCH3 is 1. The van der Waals surface area contributed by atoms with Crippen molar-refractivity contribution in [1.29, 1.82) is 0 Å². The lowest BCUT2D eigenvalue weighted by Gasteiger charge is -2.51. The number of allylic oxidation sites excluding steroid dienone is 1. The Hall–Kier alpha value is -0.765. The van der Waals surface area contributed by atoms with E-state index in [1.807, 2.05) is 6.92 Å². The second-order valence-electron chi connectivity index (χ2n) is 9.50. The van der Waals surface area contributed by atoms with Crippen LogP contribution in [-0.2, 0) is 14.2 Å². The van der Waals surface area contributed by atoms with Crippen molar-refractivity contribution in [1.82, 2.24) is 0 Å². The van der Waals surface area contributed by atoms with Crippen LogP contribution in [0.4, 0.5) is 0 Å². The predicted octanol–water partition coefficient (Wildman–Crippen LogP) is 6.69. The quantitative estimate of drug-likeness (QED) is 0.216. The molecular weight excluding hydrogens is 335 g/mol. The molecule has 0 heterocycles. The first-order valence-corrected chi connectivity index (χ1v) is 11.0. The van der Waals surface area contributed by atoms with Crippen LogP contribution < -0.4 is 0 Å². The normalized spacial score (nSPS) is 16.6. The topological polar surface area (TPSA) is 35.5 Å². The molecule has 0 unspecified atom stereocenters. The summed E-state index contributed by atoms with van der Waals surface area (Å²) < 4.78 is 11.5. The van der Waals surface area contributed by atoms with Gasteiger partial charge in [0.15, 0.2) is 0 Å². The van der Waals surface area contributed by atoms with Gasteiger partial charge in [0.25, 0.3) is 6.92 Å². The summed E-state index contributed by atoms with van der Waals surface area (Å²) in [5, 5.41) is 0. The van der Waals surface area contributed by atoms with Gasteiger partial charge in [0, 0.05) is 5.57 Å². The summed E-state index contributed by atoms with van der Waals surface area (Å²) >= 11 is 0. The minimum absolute atomic E-state index is 0.125. The molecule has 0 aliphatic heterocycles. The Balaban J connectivity index is 2.58. The van der Waals surface area contributed by atoms with Gasteiger partial charge in [0.05, 0.1) is 12.7 Å². The number of hydrogen-bond donors (Lipinski definition) is 0. The highest BCUT2D eigenvalue weighted by atomic mass is 16.5. The van der Waals surface area contributed by atoms with Crippen LogP contribution in [0, 0.1) is 11.3 Å². The van der Waals surface area contributed by atoms with Crippen LogP contribution in [0.25, 0.3) is 0 Å². The Morgan fingerprint density at radius 3 is 2.19 bits per heavy atom. The molecule has 1 rings (SSSR count). The summed E-state index contributed by atoms with van der Waals surface area (Å²) in [6.07, 6.45) is 10.3. The van der Waals surface area contributed by atoms with E-state index in [0.29, 0.717) is 0 Å². The van der Waals surface area contributed by atoms with E-state index in [2.05, 4.69) is 41.4 Å². The van der Waals surface area contributed by atoms with E-state index in [1.165, 1.54) is 31.9 Å². The molecule has 4 heteroatoms. The lowest BCUT2D eigenvalue weighted by Crippen LogP contribution is -2.50. The van der Waals surface area contributed by atoms with Crippen molar-refractivity contribution in [3.8, 4) is 0 Å². The number of rotatable bonds is 12. The molecule has 0 aromatic carbocycles. The maximum absolute atomic E-state index is 11.9. The van der Waals surface area contributed by atoms with Crippen molar-refractivity contribution in [2.75, 3.05) is 7.11 Å². The number of unbranched alkanes of at least 4 members (excludes halogenated alkanes) is 1. The third-order valence-corrected chi connectivity index (χ3v) is 7.12. The Morgan fingerprint density at radius 1 is 1.11 bits per heavy atom. The van der Waals surface area contributed by atoms with Crippen LogP contribution in [0.3, 0.4) is 0 Å². The first kappa shape index (κ1) is 24.3. The first-order valence-electron chi connectivity index (χ1n) is 11.0. The zero-order chi connectivity index (χ0) is 20.7. The fourth-order valence-electron chi connectivity index (χ4n) is 4.13. The number of carbonyl (C=O) groups is 1. The summed E-state index contributed by atoms with van der Waals surface area (Å²) in [4.78, 5) is 11.9. The molecule has 1 fully saturated rings. The zero-order valence-corrected chi connectivity index (χ0v) is 19.2. The van der Waals surface area contributed by atoms with Gasteiger partial charge in [-0.3, -0.25) is 0 Å². The number of hydrogen-bond acceptors (Lipinski definition) is 3. The van der Waals surface area contributed by atoms with Crippen molar-refractivity contribution >= 4 is 12.9 Å². The summed E-state index contributed by atoms with van der Waals surface area (Å²) in [5.41, 5.74) is 2.13. The molecule has 0 atom stereocenters. The van der Waals surface area contributed by atoms with Gasteiger partial charge in [-0.05, 0) is 70.5 Å². The molecule has 0 spiro atoms. The summed E-state index contributed by atoms with van der Waals surface area (Å²) in [6.45, 7) is 15.8. The van der Waals surface area contributed by atoms with Gasteiger partial charge in [0.1, 0.15) is 0 Å². The highest BCUT2D eigenvalue weighted by molar-refractivity contribution is 6.50. The Bertz CT molecular complexity index is 504. The van der Waals surface area contributed by atoms with E-state index in [4.69, 9.17) is 9.39 Å². The molecule has 1 saturated carbocycles. The summed E-state index contributed by atoms with van der Waals surface area (Å²) in [6, 6.07) is 0. The van der Waals surface area contributed by atoms with Crippen molar-refractivity contribution in [3.05, 3.63) is 11.1 Å². The third-order valence-electron chi connectivity index (χ3n) is 7.12. The minimum Gasteiger partial charge on any atom is -0.466 e. The Kier molecular flexibility index (Phi) is 9.61. The van der Waals surface area contributed by atoms with Crippen molar-refractivity contribution in [2.45, 2.75) is 112 Å². The van der Waals surface area contributed by atoms with Gasteiger partial charge < -0.3 is 9.39 Å². The highest BCUT2D eigenvalue weighted by Gasteiger charge is 2.46. The predicted molar refractivity (Wildman–Crippen MR) is 116 cm³/mol. The highest BCUT2D eigenvalue weighted by Crippen LogP contribution is 2.49. The van der Waals surface area contributed by atoms with E-state index in [9.17, 15) is 4.79 Å². The largest absolute Gasteiger partial charge is 0.466 e. The van der Waals surface area contributed by atoms with Crippen molar-refractivity contribution < 1.29 is 14.2 Å². The maximum atomic E-state index is 11.9. The smallest absolute Gasteiger partial charge is 0.333 e. The molecule has 0 amide bonds. The van der Waals surface area contributed by atoms with Gasteiger partial charge in [-0.1, -0.05) is 52.4 Å². The van der Waals surface area contributed by atoms with Crippen molar-refractivity contribution in [2.24, 2.45) is 11.3 Å². The summed E-state index contributed by atoms with van der Waals surface area (Å²) in [5.74, 6) is 0.597. The fraction of sp³-hybridized carbons (Fsp3) is 0.870. The number of carbonyl (C=O) groups excluding carboxylic acids is 1. The minimum atomic E-state index is -0.186. The van der Waals surface area contributed by atoms with Crippen LogP contribution in [0.1, 0.15) is 92.9 Å². The molecule has 0 N–H and O–H groups in total. The van der Waals surface area contributed by atoms with Gasteiger partial charge in [0.2, 0.25) is 0 Å². The molecule has 0 aromatic heterocycles. The molecule has 3 nitrogen and oxygen atoms in total. The molecule has 0 radical (unpaired) electrons. The van der Waals surface area contributed by atoms with Crippen molar-refractivity contribution in [3.63, 3.8) is 0 Å². The van der Waals surface area contributed by atoms with Crippen LogP contribution in [0.5, 0.6) is 0 Å². The van der Waals surface area contributed by atoms with Gasteiger partial charge >= 0.3 is 5.97 Å². The standard InChI is InChI=1S/C23H43BO3/c1-9-10-13-19(18(2)21(25)26-8)14-12-17-24(7)27-23(5,6)22(3,4)20-15-11-16-20/h20H,9-17H2,1-8H3/b19-18-. The van der Waals surface area contributed by atoms with Crippen LogP contribution in [-0.4, -0.2) is 25.6 Å². The average Bonchev–Trinajstić information content (AvgIpc) is 2.53. The van der Waals surface area contributed by atoms with E-state index in [0.717, 1.165) is 49.9 Å². The van der Waals surface area contributed by atoms with E-state index < -0.39 is 0 Å². The second-order valence-corrected chi connectivity index (χ2v) is 9.50. The molecule has 156 valence electrons. The SMILES string of the molecule is CCCC/C(CCCB(C)OC(C)(C)C(C)(C)C1CCC1)=C(\C)C(=O)OC. The number of esters is 1. The van der Waals surface area contributed by atoms with E-state index in [-0.39, 0.29) is 23.9 Å². The molecular formula is C23H43BO3. The van der Waals surface area contributed by atoms with Gasteiger partial charge in [-0.15, -0.1) is 0 Å². The average molecular weight is 378 g/mol. The second kappa shape index (κ2) is 10.7. The fourth-order valence-corrected chi connectivity index (χ4v) is 4.13. The third kappa shape index (κ3) is 6.66. The molecule has 0 bridgehead atoms. The molecule has 0 aromatic rings. The van der Waals surface area contributed by atoms with E-state index >= 15 is 0 Å². The monoisotopic (exact) mass is 378 g/mol. The van der Waals surface area contributed by atoms with Gasteiger partial charge in [-0.25, -0.2) is 4.79 Å². The lowest BCUT2D eigenvalue weighted by atomic mass is 9.58. The molecule has 0 saturated heterocycles. The van der Waals surface area contributed by atoms with Crippen LogP contribution in [0.15, 0.2) is 11.1 Å². The maximum Gasteiger partial charge on any atom is 0.333 e. The van der Waals surface area contributed by atoms with Gasteiger partial charge in [-0.2, -0.15) is 0 Å². The molecule has 1 aliphatic rings. The molecule has 27 heavy (non-hydrogen) atoms. The lowest BCUT2D eigenvalue weighted by molar-refractivity contribution is -0.136. The zero-order valence-electron chi connectivity index (χ0n) is 19.2.